The SMILES string of the molecule is CCO[C@@H](CC/C=C/C(=O)O)[C@@H](OC(=O)Nc1cccc2ccccc12)c1cc(Br)ccc1O. The predicted octanol–water partition coefficient (Wildman–Crippen LogP) is 6.42. The van der Waals surface area contributed by atoms with Gasteiger partial charge < -0.3 is 19.7 Å². The Morgan fingerprint density at radius 2 is 1.88 bits per heavy atom. The molecule has 0 fully saturated rings. The molecule has 8 heteroatoms. The summed E-state index contributed by atoms with van der Waals surface area (Å²) in [6, 6.07) is 18.1. The lowest BCUT2D eigenvalue weighted by molar-refractivity contribution is -0.131. The zero-order valence-corrected chi connectivity index (χ0v) is 20.2. The minimum atomic E-state index is -1.04. The lowest BCUT2D eigenvalue weighted by atomic mass is 9.99. The largest absolute Gasteiger partial charge is 0.508 e. The number of rotatable bonds is 10. The van der Waals surface area contributed by atoms with E-state index in [1.165, 1.54) is 12.1 Å². The highest BCUT2D eigenvalue weighted by Gasteiger charge is 2.30. The molecular formula is C26H26BrNO6. The fourth-order valence-electron chi connectivity index (χ4n) is 3.66. The molecule has 0 aliphatic rings. The summed E-state index contributed by atoms with van der Waals surface area (Å²) in [4.78, 5) is 23.8. The normalized spacial score (nSPS) is 13.0. The van der Waals surface area contributed by atoms with Crippen LogP contribution in [-0.4, -0.2) is 35.0 Å². The van der Waals surface area contributed by atoms with Crippen LogP contribution in [0, 0.1) is 0 Å². The Morgan fingerprint density at radius 3 is 2.65 bits per heavy atom. The Balaban J connectivity index is 1.88. The lowest BCUT2D eigenvalue weighted by Gasteiger charge is -2.28. The number of aliphatic carboxylic acids is 1. The van der Waals surface area contributed by atoms with E-state index in [0.717, 1.165) is 16.8 Å². The van der Waals surface area contributed by atoms with E-state index in [4.69, 9.17) is 14.6 Å². The molecule has 2 atom stereocenters. The lowest BCUT2D eigenvalue weighted by Crippen LogP contribution is -2.29. The third kappa shape index (κ3) is 6.82. The van der Waals surface area contributed by atoms with Gasteiger partial charge in [0.15, 0.2) is 6.10 Å². The average molecular weight is 528 g/mol. The third-order valence-electron chi connectivity index (χ3n) is 5.15. The minimum Gasteiger partial charge on any atom is -0.508 e. The predicted molar refractivity (Wildman–Crippen MR) is 134 cm³/mol. The van der Waals surface area contributed by atoms with E-state index in [-0.39, 0.29) is 5.75 Å². The first-order chi connectivity index (χ1) is 16.4. The van der Waals surface area contributed by atoms with Crippen molar-refractivity contribution in [3.05, 3.63) is 82.9 Å². The Morgan fingerprint density at radius 1 is 1.12 bits per heavy atom. The molecule has 178 valence electrons. The van der Waals surface area contributed by atoms with Crippen molar-refractivity contribution in [1.29, 1.82) is 0 Å². The van der Waals surface area contributed by atoms with Crippen LogP contribution < -0.4 is 5.32 Å². The zero-order chi connectivity index (χ0) is 24.5. The van der Waals surface area contributed by atoms with Crippen molar-refractivity contribution in [3.8, 4) is 5.75 Å². The Kier molecular flexibility index (Phi) is 9.07. The molecule has 0 aromatic heterocycles. The van der Waals surface area contributed by atoms with Gasteiger partial charge in [0, 0.05) is 28.1 Å². The van der Waals surface area contributed by atoms with Crippen molar-refractivity contribution in [3.63, 3.8) is 0 Å². The molecule has 3 rings (SSSR count). The highest BCUT2D eigenvalue weighted by Crippen LogP contribution is 2.35. The van der Waals surface area contributed by atoms with E-state index in [2.05, 4.69) is 21.2 Å². The number of nitrogens with one attached hydrogen (secondary N) is 1. The molecule has 1 amide bonds. The number of carbonyl (C=O) groups excluding carboxylic acids is 1. The van der Waals surface area contributed by atoms with Crippen LogP contribution >= 0.6 is 15.9 Å². The number of ether oxygens (including phenoxy) is 2. The molecule has 0 radical (unpaired) electrons. The average Bonchev–Trinajstić information content (AvgIpc) is 2.81. The van der Waals surface area contributed by atoms with Crippen molar-refractivity contribution in [2.24, 2.45) is 0 Å². The smallest absolute Gasteiger partial charge is 0.412 e. The second kappa shape index (κ2) is 12.2. The molecule has 0 aliphatic carbocycles. The summed E-state index contributed by atoms with van der Waals surface area (Å²) in [5, 5.41) is 24.0. The first-order valence-electron chi connectivity index (χ1n) is 10.8. The second-order valence-electron chi connectivity index (χ2n) is 7.49. The Hall–Kier alpha value is -3.36. The van der Waals surface area contributed by atoms with Crippen LogP contribution in [0.4, 0.5) is 10.5 Å². The molecule has 0 heterocycles. The van der Waals surface area contributed by atoms with Crippen LogP contribution in [0.2, 0.25) is 0 Å². The molecule has 3 N–H and O–H groups in total. The van der Waals surface area contributed by atoms with E-state index in [1.54, 1.807) is 18.2 Å². The van der Waals surface area contributed by atoms with E-state index in [9.17, 15) is 14.7 Å². The minimum absolute atomic E-state index is 0.0445. The topological polar surface area (TPSA) is 105 Å². The van der Waals surface area contributed by atoms with Gasteiger partial charge in [-0.05, 0) is 49.4 Å². The number of carboxylic acid groups (broad SMARTS) is 1. The van der Waals surface area contributed by atoms with Crippen LogP contribution in [-0.2, 0) is 14.3 Å². The van der Waals surface area contributed by atoms with Gasteiger partial charge in [-0.1, -0.05) is 58.4 Å². The van der Waals surface area contributed by atoms with Crippen molar-refractivity contribution in [1.82, 2.24) is 0 Å². The number of fused-ring (bicyclic) bond motifs is 1. The number of amides is 1. The molecule has 0 aliphatic heterocycles. The number of benzene rings is 3. The number of phenolic OH excluding ortho intramolecular Hbond substituents is 1. The van der Waals surface area contributed by atoms with Gasteiger partial charge in [0.2, 0.25) is 0 Å². The summed E-state index contributed by atoms with van der Waals surface area (Å²) in [7, 11) is 0. The monoisotopic (exact) mass is 527 g/mol. The number of aromatic hydroxyl groups is 1. The molecule has 0 unspecified atom stereocenters. The fraction of sp³-hybridized carbons (Fsp3) is 0.231. The summed E-state index contributed by atoms with van der Waals surface area (Å²) >= 11 is 3.40. The molecular weight excluding hydrogens is 502 g/mol. The molecule has 34 heavy (non-hydrogen) atoms. The number of hydrogen-bond donors (Lipinski definition) is 3. The first-order valence-corrected chi connectivity index (χ1v) is 11.6. The van der Waals surface area contributed by atoms with Crippen molar-refractivity contribution < 1.29 is 29.3 Å². The molecule has 0 bridgehead atoms. The molecule has 3 aromatic rings. The van der Waals surface area contributed by atoms with Gasteiger partial charge in [-0.2, -0.15) is 0 Å². The number of allylic oxidation sites excluding steroid dienone is 1. The van der Waals surface area contributed by atoms with Gasteiger partial charge >= 0.3 is 12.1 Å². The summed E-state index contributed by atoms with van der Waals surface area (Å²) in [5.74, 6) is -1.09. The van der Waals surface area contributed by atoms with Gasteiger partial charge in [0.1, 0.15) is 5.75 Å². The highest BCUT2D eigenvalue weighted by atomic mass is 79.9. The zero-order valence-electron chi connectivity index (χ0n) is 18.6. The van der Waals surface area contributed by atoms with E-state index < -0.39 is 24.3 Å². The highest BCUT2D eigenvalue weighted by molar-refractivity contribution is 9.10. The number of anilines is 1. The molecule has 0 saturated heterocycles. The number of phenols is 1. The summed E-state index contributed by atoms with van der Waals surface area (Å²) in [5.41, 5.74) is 0.973. The Labute approximate surface area is 206 Å². The van der Waals surface area contributed by atoms with E-state index in [0.29, 0.717) is 35.2 Å². The number of hydrogen-bond acceptors (Lipinski definition) is 5. The van der Waals surface area contributed by atoms with E-state index >= 15 is 0 Å². The van der Waals surface area contributed by atoms with Crippen LogP contribution in [0.5, 0.6) is 5.75 Å². The maximum atomic E-state index is 13.0. The molecule has 0 spiro atoms. The first kappa shape index (κ1) is 25.3. The van der Waals surface area contributed by atoms with Gasteiger partial charge in [0.25, 0.3) is 0 Å². The number of carbonyl (C=O) groups is 2. The maximum Gasteiger partial charge on any atom is 0.412 e. The molecule has 0 saturated carbocycles. The summed E-state index contributed by atoms with van der Waals surface area (Å²) in [6.07, 6.45) is 1.07. The fourth-order valence-corrected chi connectivity index (χ4v) is 4.04. The Bertz CT molecular complexity index is 1170. The summed E-state index contributed by atoms with van der Waals surface area (Å²) < 4.78 is 12.4. The van der Waals surface area contributed by atoms with Gasteiger partial charge in [-0.3, -0.25) is 5.32 Å². The second-order valence-corrected chi connectivity index (χ2v) is 8.41. The van der Waals surface area contributed by atoms with E-state index in [1.807, 2.05) is 43.3 Å². The van der Waals surface area contributed by atoms with Crippen LogP contribution in [0.1, 0.15) is 31.4 Å². The van der Waals surface area contributed by atoms with Crippen LogP contribution in [0.25, 0.3) is 10.8 Å². The van der Waals surface area contributed by atoms with Crippen LogP contribution in [0.3, 0.4) is 0 Å². The van der Waals surface area contributed by atoms with Crippen molar-refractivity contribution >= 4 is 44.5 Å². The van der Waals surface area contributed by atoms with Gasteiger partial charge in [-0.15, -0.1) is 0 Å². The third-order valence-corrected chi connectivity index (χ3v) is 5.65. The molecule has 7 nitrogen and oxygen atoms in total. The maximum absolute atomic E-state index is 13.0. The van der Waals surface area contributed by atoms with Gasteiger partial charge in [0.05, 0.1) is 11.8 Å². The quantitative estimate of drug-likeness (QED) is 0.262. The van der Waals surface area contributed by atoms with Crippen molar-refractivity contribution in [2.45, 2.75) is 32.0 Å². The van der Waals surface area contributed by atoms with Crippen LogP contribution in [0.15, 0.2) is 77.3 Å². The van der Waals surface area contributed by atoms with Gasteiger partial charge in [-0.25, -0.2) is 9.59 Å². The standard InChI is InChI=1S/C26H26BrNO6/c1-2-33-23(12-5-6-13-24(30)31)25(20-16-18(27)14-15-22(20)29)34-26(32)28-21-11-7-9-17-8-3-4-10-19(17)21/h3-4,6-11,13-16,23,25,29H,2,5,12H2,1H3,(H,28,32)(H,30,31)/b13-6+/t23-,25-/m0/s1. The molecule has 3 aromatic carbocycles. The van der Waals surface area contributed by atoms with Crippen molar-refractivity contribution in [2.75, 3.05) is 11.9 Å². The number of halogens is 1. The summed E-state index contributed by atoms with van der Waals surface area (Å²) in [6.45, 7) is 2.15. The number of carboxylic acids is 1.